The fourth-order valence-electron chi connectivity index (χ4n) is 3.66. The third-order valence-electron chi connectivity index (χ3n) is 4.79. The Morgan fingerprint density at radius 2 is 1.87 bits per heavy atom. The maximum atomic E-state index is 11.8. The Kier molecular flexibility index (Phi) is 5.24. The first-order chi connectivity index (χ1) is 14.3. The number of aliphatic imine (C=N–C) groups is 2. The zero-order chi connectivity index (χ0) is 21.4. The minimum Gasteiger partial charge on any atom is -0.463 e. The van der Waals surface area contributed by atoms with Crippen LogP contribution in [0.3, 0.4) is 0 Å². The number of amidine groups is 1. The van der Waals surface area contributed by atoms with E-state index in [1.54, 1.807) is 12.5 Å². The minimum atomic E-state index is -1.02. The van der Waals surface area contributed by atoms with Gasteiger partial charge in [0.1, 0.15) is 18.5 Å². The fourth-order valence-corrected chi connectivity index (χ4v) is 3.66. The van der Waals surface area contributed by atoms with Crippen LogP contribution in [-0.2, 0) is 33.3 Å². The maximum Gasteiger partial charge on any atom is 0.303 e. The van der Waals surface area contributed by atoms with Gasteiger partial charge in [0.25, 0.3) is 0 Å². The Bertz CT molecular complexity index is 939. The van der Waals surface area contributed by atoms with Crippen molar-refractivity contribution in [1.29, 1.82) is 0 Å². The van der Waals surface area contributed by atoms with Crippen molar-refractivity contribution in [2.75, 3.05) is 19.7 Å². The molecule has 12 nitrogen and oxygen atoms in total. The lowest BCUT2D eigenvalue weighted by Crippen LogP contribution is -2.40. The summed E-state index contributed by atoms with van der Waals surface area (Å²) in [6, 6.07) is 0. The summed E-state index contributed by atoms with van der Waals surface area (Å²) < 4.78 is 23.3. The van der Waals surface area contributed by atoms with Crippen LogP contribution in [0.1, 0.15) is 32.6 Å². The molecule has 3 aliphatic rings. The van der Waals surface area contributed by atoms with Crippen LogP contribution in [0, 0.1) is 0 Å². The highest BCUT2D eigenvalue weighted by molar-refractivity contribution is 6.10. The first-order valence-corrected chi connectivity index (χ1v) is 9.41. The van der Waals surface area contributed by atoms with Gasteiger partial charge in [0.15, 0.2) is 24.3 Å². The van der Waals surface area contributed by atoms with E-state index >= 15 is 0 Å². The van der Waals surface area contributed by atoms with Crippen molar-refractivity contribution in [2.24, 2.45) is 9.98 Å². The van der Waals surface area contributed by atoms with Crippen molar-refractivity contribution < 1.29 is 33.3 Å². The predicted molar refractivity (Wildman–Crippen MR) is 100 cm³/mol. The van der Waals surface area contributed by atoms with E-state index in [-0.39, 0.29) is 6.61 Å². The Hall–Kier alpha value is -3.28. The van der Waals surface area contributed by atoms with Crippen LogP contribution in [0.25, 0.3) is 0 Å². The number of ether oxygens (including phenoxy) is 4. The number of hydrogen-bond donors (Lipinski definition) is 0. The second kappa shape index (κ2) is 7.86. The van der Waals surface area contributed by atoms with E-state index in [0.717, 1.165) is 12.4 Å². The van der Waals surface area contributed by atoms with Crippen molar-refractivity contribution in [3.63, 3.8) is 0 Å². The normalized spacial score (nSPS) is 26.6. The molecule has 3 aliphatic heterocycles. The monoisotopic (exact) mass is 419 g/mol. The molecule has 0 radical (unpaired) electrons. The van der Waals surface area contributed by atoms with Crippen LogP contribution in [0.15, 0.2) is 16.2 Å². The van der Waals surface area contributed by atoms with Gasteiger partial charge < -0.3 is 23.8 Å². The molecular weight excluding hydrogens is 398 g/mol. The van der Waals surface area contributed by atoms with E-state index in [9.17, 15) is 14.4 Å². The maximum absolute atomic E-state index is 11.8. The molecule has 0 aromatic carbocycles. The number of aromatic nitrogens is 2. The summed E-state index contributed by atoms with van der Waals surface area (Å²) in [4.78, 5) is 45.5. The molecule has 0 spiro atoms. The molecule has 0 N–H and O–H groups in total. The van der Waals surface area contributed by atoms with E-state index in [4.69, 9.17) is 18.9 Å². The molecule has 1 saturated heterocycles. The molecule has 0 amide bonds. The van der Waals surface area contributed by atoms with Crippen LogP contribution >= 0.6 is 0 Å². The van der Waals surface area contributed by atoms with Gasteiger partial charge in [0.2, 0.25) is 0 Å². The molecule has 0 saturated carbocycles. The number of fused-ring (bicyclic) bond motifs is 3. The van der Waals surface area contributed by atoms with Gasteiger partial charge >= 0.3 is 17.9 Å². The number of carbonyl (C=O) groups excluding carboxylic acids is 3. The molecule has 1 fully saturated rings. The highest BCUT2D eigenvalue weighted by atomic mass is 16.7. The molecule has 1 aromatic rings. The molecule has 0 bridgehead atoms. The summed E-state index contributed by atoms with van der Waals surface area (Å²) in [5.41, 5.74) is 0.715. The molecule has 4 atom stereocenters. The summed E-state index contributed by atoms with van der Waals surface area (Å²) >= 11 is 0. The number of hydrogen-bond acceptors (Lipinski definition) is 11. The van der Waals surface area contributed by atoms with Crippen LogP contribution in [0.5, 0.6) is 0 Å². The molecule has 0 unspecified atom stereocenters. The Morgan fingerprint density at radius 1 is 1.13 bits per heavy atom. The van der Waals surface area contributed by atoms with Gasteiger partial charge in [-0.15, -0.1) is 0 Å². The van der Waals surface area contributed by atoms with Gasteiger partial charge in [-0.05, 0) is 0 Å². The second-order valence-corrected chi connectivity index (χ2v) is 6.99. The average molecular weight is 419 g/mol. The number of carbonyl (C=O) groups is 3. The first-order valence-electron chi connectivity index (χ1n) is 9.41. The SMILES string of the molecule is CC(=O)OC[C@H]1O[C@@H](n2ncc3c2N=CN2CCN=C32)[C@H](OC(C)=O)[C@@H]1OC(C)=O. The molecule has 4 rings (SSSR count). The fraction of sp³-hybridized carbons (Fsp3) is 0.556. The molecule has 12 heteroatoms. The highest BCUT2D eigenvalue weighted by Gasteiger charge is 2.52. The zero-order valence-electron chi connectivity index (χ0n) is 16.7. The topological polar surface area (TPSA) is 134 Å². The quantitative estimate of drug-likeness (QED) is 0.475. The predicted octanol–water partition coefficient (Wildman–Crippen LogP) is -0.0574. The molecular formula is C18H21N5O7. The Balaban J connectivity index is 1.69. The third-order valence-corrected chi connectivity index (χ3v) is 4.79. The average Bonchev–Trinajstić information content (AvgIpc) is 3.36. The van der Waals surface area contributed by atoms with Gasteiger partial charge in [-0.25, -0.2) is 9.67 Å². The third kappa shape index (κ3) is 3.65. The lowest BCUT2D eigenvalue weighted by Gasteiger charge is -2.24. The van der Waals surface area contributed by atoms with E-state index < -0.39 is 42.4 Å². The van der Waals surface area contributed by atoms with E-state index in [1.165, 1.54) is 25.5 Å². The van der Waals surface area contributed by atoms with Crippen LogP contribution in [0.2, 0.25) is 0 Å². The standard InChI is InChI=1S/C18H21N5O7/c1-9(24)27-7-13-14(28-10(2)25)15(29-11(3)26)18(30-13)23-17-12(6-21-23)16-19-4-5-22(16)8-20-17/h6,8,13-15,18H,4-5,7H2,1-3H3/t13-,14-,15-,18-/m1/s1. The van der Waals surface area contributed by atoms with Crippen molar-refractivity contribution >= 4 is 35.9 Å². The Labute approximate surface area is 171 Å². The summed E-state index contributed by atoms with van der Waals surface area (Å²) in [6.45, 7) is 4.93. The lowest BCUT2D eigenvalue weighted by atomic mass is 10.1. The first kappa shape index (κ1) is 20.0. The lowest BCUT2D eigenvalue weighted by molar-refractivity contribution is -0.166. The van der Waals surface area contributed by atoms with Gasteiger partial charge in [0, 0.05) is 27.3 Å². The second-order valence-electron chi connectivity index (χ2n) is 6.99. The number of esters is 3. The van der Waals surface area contributed by atoms with Crippen molar-refractivity contribution in [3.05, 3.63) is 11.8 Å². The number of nitrogens with zero attached hydrogens (tertiary/aromatic N) is 5. The van der Waals surface area contributed by atoms with E-state index in [1.807, 2.05) is 4.90 Å². The van der Waals surface area contributed by atoms with Crippen molar-refractivity contribution in [3.8, 4) is 0 Å². The zero-order valence-corrected chi connectivity index (χ0v) is 16.7. The van der Waals surface area contributed by atoms with Gasteiger partial charge in [-0.2, -0.15) is 5.10 Å². The molecule has 30 heavy (non-hydrogen) atoms. The van der Waals surface area contributed by atoms with Gasteiger partial charge in [0.05, 0.1) is 24.6 Å². The van der Waals surface area contributed by atoms with Crippen LogP contribution in [0.4, 0.5) is 5.82 Å². The highest BCUT2D eigenvalue weighted by Crippen LogP contribution is 2.38. The van der Waals surface area contributed by atoms with Crippen molar-refractivity contribution in [2.45, 2.75) is 45.3 Å². The van der Waals surface area contributed by atoms with Crippen molar-refractivity contribution in [1.82, 2.24) is 14.7 Å². The smallest absolute Gasteiger partial charge is 0.303 e. The van der Waals surface area contributed by atoms with Gasteiger partial charge in [-0.3, -0.25) is 19.4 Å². The summed E-state index contributed by atoms with van der Waals surface area (Å²) in [7, 11) is 0. The Morgan fingerprint density at radius 3 is 2.57 bits per heavy atom. The van der Waals surface area contributed by atoms with Crippen LogP contribution < -0.4 is 0 Å². The summed E-state index contributed by atoms with van der Waals surface area (Å²) in [5.74, 6) is -0.474. The van der Waals surface area contributed by atoms with E-state index in [2.05, 4.69) is 15.1 Å². The van der Waals surface area contributed by atoms with E-state index in [0.29, 0.717) is 17.9 Å². The van der Waals surface area contributed by atoms with Crippen LogP contribution in [-0.4, -0.2) is 82.8 Å². The minimum absolute atomic E-state index is 0.186. The summed E-state index contributed by atoms with van der Waals surface area (Å²) in [6.07, 6.45) is -0.564. The largest absolute Gasteiger partial charge is 0.463 e. The molecule has 0 aliphatic carbocycles. The number of rotatable bonds is 5. The molecule has 4 heterocycles. The molecule has 1 aromatic heterocycles. The summed E-state index contributed by atoms with van der Waals surface area (Å²) in [5, 5.41) is 4.37. The van der Waals surface area contributed by atoms with Gasteiger partial charge in [-0.1, -0.05) is 0 Å². The molecule has 160 valence electrons.